The number of thiazole rings is 1. The third-order valence-electron chi connectivity index (χ3n) is 7.45. The minimum absolute atomic E-state index is 0.0768. The number of anilines is 2. The Bertz CT molecular complexity index is 1990. The van der Waals surface area contributed by atoms with Crippen LogP contribution in [0.5, 0.6) is 11.6 Å². The summed E-state index contributed by atoms with van der Waals surface area (Å²) in [6.07, 6.45) is 2.27. The Hall–Kier alpha value is -5.61. The van der Waals surface area contributed by atoms with Crippen molar-refractivity contribution < 1.29 is 19.4 Å². The smallest absolute Gasteiger partial charge is 0.355 e. The largest absolute Gasteiger partial charge is 0.476 e. The molecule has 0 fully saturated rings. The summed E-state index contributed by atoms with van der Waals surface area (Å²) < 4.78 is 6.85. The van der Waals surface area contributed by atoms with Crippen molar-refractivity contribution in [3.63, 3.8) is 0 Å². The third kappa shape index (κ3) is 5.46. The van der Waals surface area contributed by atoms with Crippen molar-refractivity contribution in [1.29, 1.82) is 0 Å². The van der Waals surface area contributed by atoms with Crippen molar-refractivity contribution in [2.75, 3.05) is 16.8 Å². The number of hydrogen-bond donors (Lipinski definition) is 2. The summed E-state index contributed by atoms with van der Waals surface area (Å²) in [5, 5.41) is 13.6. The maximum absolute atomic E-state index is 13.4. The minimum Gasteiger partial charge on any atom is -0.476 e. The van der Waals surface area contributed by atoms with Crippen molar-refractivity contribution in [2.45, 2.75) is 13.0 Å². The van der Waals surface area contributed by atoms with Gasteiger partial charge in [0.2, 0.25) is 5.88 Å². The molecule has 2 N–H and O–H groups in total. The normalized spacial score (nSPS) is 12.5. The number of fused-ring (bicyclic) bond motifs is 2. The molecule has 1 amide bonds. The number of pyridine rings is 2. The molecule has 6 aromatic rings. The van der Waals surface area contributed by atoms with E-state index in [2.05, 4.69) is 20.3 Å². The Morgan fingerprint density at radius 1 is 0.909 bits per heavy atom. The maximum atomic E-state index is 13.4. The van der Waals surface area contributed by atoms with Gasteiger partial charge in [-0.25, -0.2) is 19.7 Å². The topological polar surface area (TPSA) is 118 Å². The lowest BCUT2D eigenvalue weighted by molar-refractivity contribution is 0.0691. The molecule has 3 aromatic carbocycles. The van der Waals surface area contributed by atoms with E-state index in [1.165, 1.54) is 11.3 Å². The van der Waals surface area contributed by atoms with Gasteiger partial charge in [-0.3, -0.25) is 10.1 Å². The fraction of sp³-hybridized carbons (Fsp3) is 0.0882. The number of carbonyl (C=O) groups is 2. The Balaban J connectivity index is 1.15. The quantitative estimate of drug-likeness (QED) is 0.200. The van der Waals surface area contributed by atoms with Gasteiger partial charge in [-0.2, -0.15) is 0 Å². The SMILES string of the molecule is O=C(Nc1nc2ccccc2s1)c1cccc2c1CN(c1ccc(-c3ccnc(Oc4ccccc4)c3)c(C(=O)O)n1)CC2. The summed E-state index contributed by atoms with van der Waals surface area (Å²) in [7, 11) is 0. The van der Waals surface area contributed by atoms with E-state index in [1.807, 2.05) is 83.8 Å². The molecular formula is C34H25N5O4S. The second kappa shape index (κ2) is 11.6. The van der Waals surface area contributed by atoms with Crippen LogP contribution in [0, 0.1) is 0 Å². The van der Waals surface area contributed by atoms with Crippen LogP contribution in [0.4, 0.5) is 10.9 Å². The molecule has 7 rings (SSSR count). The molecule has 4 heterocycles. The van der Waals surface area contributed by atoms with Gasteiger partial charge < -0.3 is 14.7 Å². The zero-order valence-electron chi connectivity index (χ0n) is 23.3. The molecule has 0 unspecified atom stereocenters. The predicted octanol–water partition coefficient (Wildman–Crippen LogP) is 7.06. The molecule has 0 saturated heterocycles. The van der Waals surface area contributed by atoms with Gasteiger partial charge in [-0.1, -0.05) is 53.8 Å². The van der Waals surface area contributed by atoms with Crippen LogP contribution >= 0.6 is 11.3 Å². The van der Waals surface area contributed by atoms with Crippen molar-refractivity contribution in [3.8, 4) is 22.8 Å². The predicted molar refractivity (Wildman–Crippen MR) is 170 cm³/mol. The molecule has 0 radical (unpaired) electrons. The molecular weight excluding hydrogens is 574 g/mol. The number of amides is 1. The van der Waals surface area contributed by atoms with Crippen LogP contribution in [0.25, 0.3) is 21.3 Å². The van der Waals surface area contributed by atoms with Gasteiger partial charge in [-0.05, 0) is 71.6 Å². The third-order valence-corrected chi connectivity index (χ3v) is 8.40. The first-order valence-corrected chi connectivity index (χ1v) is 14.8. The number of ether oxygens (including phenoxy) is 1. The fourth-order valence-electron chi connectivity index (χ4n) is 5.34. The van der Waals surface area contributed by atoms with Crippen LogP contribution in [-0.4, -0.2) is 38.5 Å². The molecule has 44 heavy (non-hydrogen) atoms. The molecule has 0 atom stereocenters. The zero-order valence-corrected chi connectivity index (χ0v) is 24.1. The maximum Gasteiger partial charge on any atom is 0.355 e. The van der Waals surface area contributed by atoms with Gasteiger partial charge in [0.05, 0.1) is 10.2 Å². The standard InChI is InChI=1S/C34H25N5O4S/c40-32(38-34-36-27-11-4-5-12-28(27)44-34)25-10-6-7-21-16-18-39(20-26(21)25)29-14-13-24(31(37-29)33(41)42)22-15-17-35-30(19-22)43-23-8-2-1-3-9-23/h1-15,17,19H,16,18,20H2,(H,41,42)(H,36,38,40). The number of carboxylic acids is 1. The highest BCUT2D eigenvalue weighted by atomic mass is 32.1. The number of benzene rings is 3. The van der Waals surface area contributed by atoms with E-state index in [1.54, 1.807) is 24.4 Å². The first kappa shape index (κ1) is 27.2. The summed E-state index contributed by atoms with van der Waals surface area (Å²) in [6.45, 7) is 1.04. The van der Waals surface area contributed by atoms with Gasteiger partial charge in [0.15, 0.2) is 10.8 Å². The highest BCUT2D eigenvalue weighted by molar-refractivity contribution is 7.22. The molecule has 0 bridgehead atoms. The molecule has 0 spiro atoms. The number of rotatable bonds is 7. The number of carbonyl (C=O) groups excluding carboxylic acids is 1. The lowest BCUT2D eigenvalue weighted by atomic mass is 9.94. The number of nitrogens with one attached hydrogen (secondary N) is 1. The van der Waals surface area contributed by atoms with Crippen LogP contribution < -0.4 is 15.0 Å². The summed E-state index contributed by atoms with van der Waals surface area (Å²) in [4.78, 5) is 41.2. The number of carboxylic acid groups (broad SMARTS) is 1. The number of para-hydroxylation sites is 2. The van der Waals surface area contributed by atoms with Crippen LogP contribution in [0.15, 0.2) is 103 Å². The van der Waals surface area contributed by atoms with E-state index in [4.69, 9.17) is 4.74 Å². The second-order valence-electron chi connectivity index (χ2n) is 10.2. The molecule has 1 aliphatic heterocycles. The molecule has 216 valence electrons. The summed E-state index contributed by atoms with van der Waals surface area (Å²) in [6, 6.07) is 29.7. The Morgan fingerprint density at radius 3 is 2.59 bits per heavy atom. The van der Waals surface area contributed by atoms with E-state index in [0.717, 1.165) is 21.3 Å². The van der Waals surface area contributed by atoms with E-state index in [9.17, 15) is 14.7 Å². The first-order valence-electron chi connectivity index (χ1n) is 14.0. The van der Waals surface area contributed by atoms with Gasteiger partial charge in [0, 0.05) is 36.5 Å². The van der Waals surface area contributed by atoms with Crippen molar-refractivity contribution >= 4 is 44.4 Å². The Kier molecular flexibility index (Phi) is 7.17. The summed E-state index contributed by atoms with van der Waals surface area (Å²) in [5.41, 5.74) is 4.36. The van der Waals surface area contributed by atoms with E-state index >= 15 is 0 Å². The first-order chi connectivity index (χ1) is 21.5. The van der Waals surface area contributed by atoms with Crippen LogP contribution in [0.2, 0.25) is 0 Å². The van der Waals surface area contributed by atoms with Crippen LogP contribution in [-0.2, 0) is 13.0 Å². The van der Waals surface area contributed by atoms with Gasteiger partial charge in [0.25, 0.3) is 5.91 Å². The molecule has 9 nitrogen and oxygen atoms in total. The van der Waals surface area contributed by atoms with Gasteiger partial charge in [-0.15, -0.1) is 0 Å². The van der Waals surface area contributed by atoms with E-state index in [-0.39, 0.29) is 11.6 Å². The van der Waals surface area contributed by atoms with Crippen molar-refractivity contribution in [2.24, 2.45) is 0 Å². The Labute approximate surface area is 256 Å². The minimum atomic E-state index is -1.14. The van der Waals surface area contributed by atoms with Crippen LogP contribution in [0.3, 0.4) is 0 Å². The lowest BCUT2D eigenvalue weighted by Gasteiger charge is -2.31. The van der Waals surface area contributed by atoms with Crippen molar-refractivity contribution in [1.82, 2.24) is 15.0 Å². The fourth-order valence-corrected chi connectivity index (χ4v) is 6.20. The zero-order chi connectivity index (χ0) is 30.0. The van der Waals surface area contributed by atoms with Crippen molar-refractivity contribution in [3.05, 3.63) is 126 Å². The van der Waals surface area contributed by atoms with E-state index in [0.29, 0.717) is 58.8 Å². The van der Waals surface area contributed by atoms with Crippen LogP contribution in [0.1, 0.15) is 32.0 Å². The molecule has 10 heteroatoms. The molecule has 1 aliphatic rings. The number of nitrogens with zero attached hydrogens (tertiary/aromatic N) is 4. The number of hydrogen-bond acceptors (Lipinski definition) is 8. The highest BCUT2D eigenvalue weighted by Gasteiger charge is 2.25. The molecule has 3 aromatic heterocycles. The van der Waals surface area contributed by atoms with Gasteiger partial charge >= 0.3 is 5.97 Å². The molecule has 0 saturated carbocycles. The summed E-state index contributed by atoms with van der Waals surface area (Å²) >= 11 is 1.43. The average Bonchev–Trinajstić information content (AvgIpc) is 3.47. The van der Waals surface area contributed by atoms with E-state index < -0.39 is 5.97 Å². The second-order valence-corrected chi connectivity index (χ2v) is 11.3. The molecule has 0 aliphatic carbocycles. The van der Waals surface area contributed by atoms with Gasteiger partial charge in [0.1, 0.15) is 11.6 Å². The lowest BCUT2D eigenvalue weighted by Crippen LogP contribution is -2.33. The monoisotopic (exact) mass is 599 g/mol. The summed E-state index contributed by atoms with van der Waals surface area (Å²) in [5.74, 6) is 0.120. The number of aromatic nitrogens is 3. The number of aromatic carboxylic acids is 1. The average molecular weight is 600 g/mol. The Morgan fingerprint density at radius 2 is 1.75 bits per heavy atom. The highest BCUT2D eigenvalue weighted by Crippen LogP contribution is 2.32.